The number of amides is 2. The molecule has 3 heteroatoms. The van der Waals surface area contributed by atoms with Crippen LogP contribution in [0.25, 0.3) is 0 Å². The van der Waals surface area contributed by atoms with Crippen molar-refractivity contribution in [1.82, 2.24) is 5.32 Å². The molecule has 1 aromatic rings. The van der Waals surface area contributed by atoms with E-state index >= 15 is 0 Å². The minimum absolute atomic E-state index is 0.00713. The molecule has 2 aliphatic rings. The molecule has 1 heterocycles. The summed E-state index contributed by atoms with van der Waals surface area (Å²) < 4.78 is 0. The molecule has 0 radical (unpaired) electrons. The van der Waals surface area contributed by atoms with Gasteiger partial charge in [0.05, 0.1) is 0 Å². The molecule has 3 nitrogen and oxygen atoms in total. The van der Waals surface area contributed by atoms with Crippen molar-refractivity contribution in [1.29, 1.82) is 0 Å². The van der Waals surface area contributed by atoms with Crippen LogP contribution in [0.3, 0.4) is 0 Å². The summed E-state index contributed by atoms with van der Waals surface area (Å²) in [6.45, 7) is 2.91. The van der Waals surface area contributed by atoms with Crippen molar-refractivity contribution in [3.63, 3.8) is 0 Å². The van der Waals surface area contributed by atoms with Gasteiger partial charge in [-0.25, -0.2) is 4.79 Å². The Morgan fingerprint density at radius 3 is 2.85 bits per heavy atom. The average molecular weight is 270 g/mol. The lowest BCUT2D eigenvalue weighted by Gasteiger charge is -2.17. The van der Waals surface area contributed by atoms with Gasteiger partial charge in [-0.1, -0.05) is 36.6 Å². The van der Waals surface area contributed by atoms with E-state index in [2.05, 4.69) is 18.3 Å². The number of hydrogen-bond donors (Lipinski definition) is 1. The second-order valence-electron chi connectivity index (χ2n) is 5.85. The first kappa shape index (κ1) is 13.2. The van der Waals surface area contributed by atoms with E-state index in [4.69, 9.17) is 0 Å². The SMILES string of the molecule is C/C(=C\NC(=O)N1CCc2ccccc21)C1CCCC1. The summed E-state index contributed by atoms with van der Waals surface area (Å²) in [4.78, 5) is 14.1. The van der Waals surface area contributed by atoms with Gasteiger partial charge in [0.25, 0.3) is 0 Å². The van der Waals surface area contributed by atoms with Gasteiger partial charge in [-0.2, -0.15) is 0 Å². The molecule has 0 atom stereocenters. The maximum atomic E-state index is 12.3. The Kier molecular flexibility index (Phi) is 3.77. The molecule has 0 unspecified atom stereocenters. The minimum atomic E-state index is -0.00713. The third kappa shape index (κ3) is 2.58. The predicted molar refractivity (Wildman–Crippen MR) is 81.7 cm³/mol. The number of carbonyl (C=O) groups is 1. The Morgan fingerprint density at radius 2 is 2.05 bits per heavy atom. The largest absolute Gasteiger partial charge is 0.325 e. The first-order valence-corrected chi connectivity index (χ1v) is 7.58. The van der Waals surface area contributed by atoms with Gasteiger partial charge >= 0.3 is 6.03 Å². The fourth-order valence-electron chi connectivity index (χ4n) is 3.30. The van der Waals surface area contributed by atoms with E-state index in [1.54, 1.807) is 0 Å². The zero-order valence-electron chi connectivity index (χ0n) is 12.1. The molecular formula is C17H22N2O. The second kappa shape index (κ2) is 5.70. The summed E-state index contributed by atoms with van der Waals surface area (Å²) in [5.41, 5.74) is 3.62. The highest BCUT2D eigenvalue weighted by Crippen LogP contribution is 2.30. The molecule has 20 heavy (non-hydrogen) atoms. The number of fused-ring (bicyclic) bond motifs is 1. The van der Waals surface area contributed by atoms with Gasteiger partial charge in [-0.15, -0.1) is 0 Å². The van der Waals surface area contributed by atoms with Crippen LogP contribution in [0.5, 0.6) is 0 Å². The third-order valence-corrected chi connectivity index (χ3v) is 4.55. The Morgan fingerprint density at radius 1 is 1.30 bits per heavy atom. The van der Waals surface area contributed by atoms with Crippen molar-refractivity contribution in [2.24, 2.45) is 5.92 Å². The first-order valence-electron chi connectivity index (χ1n) is 7.58. The molecule has 1 aliphatic heterocycles. The molecule has 0 bridgehead atoms. The van der Waals surface area contributed by atoms with Gasteiger partial charge in [-0.3, -0.25) is 4.90 Å². The van der Waals surface area contributed by atoms with E-state index in [9.17, 15) is 4.79 Å². The highest BCUT2D eigenvalue weighted by molar-refractivity contribution is 5.94. The van der Waals surface area contributed by atoms with E-state index < -0.39 is 0 Å². The number of nitrogens with one attached hydrogen (secondary N) is 1. The van der Waals surface area contributed by atoms with Crippen LogP contribution in [-0.4, -0.2) is 12.6 Å². The lowest BCUT2D eigenvalue weighted by atomic mass is 10.0. The van der Waals surface area contributed by atoms with Gasteiger partial charge in [0.1, 0.15) is 0 Å². The number of allylic oxidation sites excluding steroid dienone is 1. The number of hydrogen-bond acceptors (Lipinski definition) is 1. The Bertz CT molecular complexity index is 530. The highest BCUT2D eigenvalue weighted by atomic mass is 16.2. The highest BCUT2D eigenvalue weighted by Gasteiger charge is 2.23. The number of urea groups is 1. The van der Waals surface area contributed by atoms with E-state index in [1.807, 2.05) is 29.3 Å². The molecule has 1 aliphatic carbocycles. The van der Waals surface area contributed by atoms with Crippen LogP contribution >= 0.6 is 0 Å². The molecule has 0 aromatic heterocycles. The zero-order valence-corrected chi connectivity index (χ0v) is 12.1. The molecule has 1 saturated carbocycles. The number of rotatable bonds is 2. The average Bonchev–Trinajstić information content (AvgIpc) is 3.13. The molecular weight excluding hydrogens is 248 g/mol. The summed E-state index contributed by atoms with van der Waals surface area (Å²) in [7, 11) is 0. The Balaban J connectivity index is 1.64. The van der Waals surface area contributed by atoms with Crippen LogP contribution in [0.1, 0.15) is 38.2 Å². The standard InChI is InChI=1S/C17H22N2O/c1-13(14-6-2-3-7-14)12-18-17(20)19-11-10-15-8-4-5-9-16(15)19/h4-5,8-9,12,14H,2-3,6-7,10-11H2,1H3,(H,18,20)/b13-12+. The molecule has 0 saturated heterocycles. The predicted octanol–water partition coefficient (Wildman–Crippen LogP) is 3.85. The summed E-state index contributed by atoms with van der Waals surface area (Å²) in [6.07, 6.45) is 8.05. The molecule has 3 rings (SSSR count). The smallest absolute Gasteiger partial charge is 0.314 e. The molecule has 1 aromatic carbocycles. The zero-order chi connectivity index (χ0) is 13.9. The van der Waals surface area contributed by atoms with Crippen LogP contribution in [0.2, 0.25) is 0 Å². The van der Waals surface area contributed by atoms with E-state index in [0.717, 1.165) is 18.7 Å². The number of benzene rings is 1. The van der Waals surface area contributed by atoms with Gasteiger partial charge in [0.15, 0.2) is 0 Å². The molecule has 1 fully saturated rings. The van der Waals surface area contributed by atoms with Crippen molar-refractivity contribution in [2.45, 2.75) is 39.0 Å². The number of carbonyl (C=O) groups excluding carboxylic acids is 1. The van der Waals surface area contributed by atoms with Crippen LogP contribution in [0.15, 0.2) is 36.0 Å². The third-order valence-electron chi connectivity index (χ3n) is 4.55. The van der Waals surface area contributed by atoms with Gasteiger partial charge in [0.2, 0.25) is 0 Å². The van der Waals surface area contributed by atoms with E-state index in [1.165, 1.54) is 36.8 Å². The quantitative estimate of drug-likeness (QED) is 0.869. The molecule has 106 valence electrons. The lowest BCUT2D eigenvalue weighted by Crippen LogP contribution is -2.36. The Labute approximate surface area is 120 Å². The fourth-order valence-corrected chi connectivity index (χ4v) is 3.30. The lowest BCUT2D eigenvalue weighted by molar-refractivity contribution is 0.249. The summed E-state index contributed by atoms with van der Waals surface area (Å²) in [6, 6.07) is 8.14. The van der Waals surface area contributed by atoms with Crippen molar-refractivity contribution in [3.8, 4) is 0 Å². The molecule has 1 N–H and O–H groups in total. The van der Waals surface area contributed by atoms with Crippen molar-refractivity contribution in [3.05, 3.63) is 41.6 Å². The van der Waals surface area contributed by atoms with Gasteiger partial charge in [0, 0.05) is 18.4 Å². The van der Waals surface area contributed by atoms with Crippen LogP contribution in [0.4, 0.5) is 10.5 Å². The molecule has 0 spiro atoms. The first-order chi connectivity index (χ1) is 9.75. The van der Waals surface area contributed by atoms with Crippen molar-refractivity contribution < 1.29 is 4.79 Å². The summed E-state index contributed by atoms with van der Waals surface area (Å²) in [5, 5.41) is 2.97. The monoisotopic (exact) mass is 270 g/mol. The number of anilines is 1. The Hall–Kier alpha value is -1.77. The number of para-hydroxylation sites is 1. The summed E-state index contributed by atoms with van der Waals surface area (Å²) >= 11 is 0. The van der Waals surface area contributed by atoms with Gasteiger partial charge < -0.3 is 5.32 Å². The normalized spacial score (nSPS) is 19.2. The van der Waals surface area contributed by atoms with Crippen molar-refractivity contribution in [2.75, 3.05) is 11.4 Å². The topological polar surface area (TPSA) is 32.3 Å². The van der Waals surface area contributed by atoms with Crippen molar-refractivity contribution >= 4 is 11.7 Å². The van der Waals surface area contributed by atoms with Gasteiger partial charge in [-0.05, 0) is 43.7 Å². The maximum absolute atomic E-state index is 12.3. The molecule has 2 amide bonds. The summed E-state index contributed by atoms with van der Waals surface area (Å²) in [5.74, 6) is 0.668. The van der Waals surface area contributed by atoms with Crippen LogP contribution < -0.4 is 10.2 Å². The fraction of sp³-hybridized carbons (Fsp3) is 0.471. The number of nitrogens with zero attached hydrogens (tertiary/aromatic N) is 1. The maximum Gasteiger partial charge on any atom is 0.325 e. The van der Waals surface area contributed by atoms with E-state index in [-0.39, 0.29) is 6.03 Å². The van der Waals surface area contributed by atoms with Crippen LogP contribution in [-0.2, 0) is 6.42 Å². The minimum Gasteiger partial charge on any atom is -0.314 e. The second-order valence-corrected chi connectivity index (χ2v) is 5.85. The van der Waals surface area contributed by atoms with E-state index in [0.29, 0.717) is 5.92 Å². The van der Waals surface area contributed by atoms with Crippen LogP contribution in [0, 0.1) is 5.92 Å².